The Morgan fingerprint density at radius 1 is 1.67 bits per heavy atom. The first-order chi connectivity index (χ1) is 4.43. The van der Waals surface area contributed by atoms with E-state index < -0.39 is 0 Å². The molecule has 0 saturated heterocycles. The van der Waals surface area contributed by atoms with Crippen molar-refractivity contribution in [3.05, 3.63) is 0 Å². The molecule has 0 spiro atoms. The van der Waals surface area contributed by atoms with Crippen molar-refractivity contribution >= 4 is 11.8 Å². The number of nitrogens with zero attached hydrogens (tertiary/aromatic N) is 4. The van der Waals surface area contributed by atoms with Crippen LogP contribution < -0.4 is 10.8 Å². The topological polar surface area (TPSA) is 80.4 Å². The van der Waals surface area contributed by atoms with Gasteiger partial charge in [0.05, 0.1) is 11.7 Å². The van der Waals surface area contributed by atoms with Crippen LogP contribution in [0.3, 0.4) is 0 Å². The second-order valence-electron chi connectivity index (χ2n) is 1.36. The summed E-state index contributed by atoms with van der Waals surface area (Å²) >= 11 is 1.52. The van der Waals surface area contributed by atoms with Crippen LogP contribution in [0.2, 0.25) is 0 Å². The zero-order valence-electron chi connectivity index (χ0n) is 4.82. The molecule has 0 aliphatic carbocycles. The minimum Gasteiger partial charge on any atom is -0.357 e. The van der Waals surface area contributed by atoms with E-state index in [1.807, 2.05) is 0 Å². The molecular weight excluding hydrogens is 138 g/mol. The highest BCUT2D eigenvalue weighted by Crippen LogP contribution is 2.05. The van der Waals surface area contributed by atoms with Crippen LogP contribution >= 0.6 is 11.8 Å². The van der Waals surface area contributed by atoms with E-state index in [-0.39, 0.29) is 0 Å². The number of hydrogen-bond donors (Lipinski definition) is 1. The van der Waals surface area contributed by atoms with E-state index in [0.717, 1.165) is 12.3 Å². The first-order valence-electron chi connectivity index (χ1n) is 2.54. The van der Waals surface area contributed by atoms with Gasteiger partial charge in [0, 0.05) is 5.75 Å². The quantitative estimate of drug-likeness (QED) is 0.506. The highest BCUT2D eigenvalue weighted by molar-refractivity contribution is 7.99. The van der Waals surface area contributed by atoms with Crippen molar-refractivity contribution in [2.24, 2.45) is 0 Å². The number of aromatic nitrogens is 4. The summed E-state index contributed by atoms with van der Waals surface area (Å²) in [5, 5.41) is 14.5. The number of rotatable bonds is 3. The van der Waals surface area contributed by atoms with Crippen LogP contribution in [-0.2, 0) is 0 Å². The van der Waals surface area contributed by atoms with Crippen molar-refractivity contribution in [2.45, 2.75) is 5.16 Å². The van der Waals surface area contributed by atoms with Gasteiger partial charge in [-0.25, -0.2) is 0 Å². The molecule has 0 radical (unpaired) electrons. The van der Waals surface area contributed by atoms with Gasteiger partial charge >= 0.3 is 0 Å². The number of quaternary nitrogens is 1. The van der Waals surface area contributed by atoms with Crippen LogP contribution in [0.15, 0.2) is 5.16 Å². The third kappa shape index (κ3) is 1.98. The molecular formula is C3H7N5S. The molecule has 1 heterocycles. The Kier molecular flexibility index (Phi) is 2.47. The first-order valence-corrected chi connectivity index (χ1v) is 3.53. The summed E-state index contributed by atoms with van der Waals surface area (Å²) in [5.74, 6) is 0.924. The standard InChI is InChI=1S/C3H6N5S/c4-1-2-9-3-5-7-8-6-3/h1-2,4H2/q-1/p+1. The van der Waals surface area contributed by atoms with E-state index >= 15 is 0 Å². The van der Waals surface area contributed by atoms with Crippen LogP contribution in [-0.4, -0.2) is 27.8 Å². The van der Waals surface area contributed by atoms with Crippen LogP contribution in [0.1, 0.15) is 0 Å². The Morgan fingerprint density at radius 2 is 2.56 bits per heavy atom. The molecule has 9 heavy (non-hydrogen) atoms. The second-order valence-corrected chi connectivity index (χ2v) is 2.43. The second kappa shape index (κ2) is 3.41. The third-order valence-electron chi connectivity index (χ3n) is 0.676. The fraction of sp³-hybridized carbons (Fsp3) is 0.667. The largest absolute Gasteiger partial charge is 0.357 e. The summed E-state index contributed by atoms with van der Waals surface area (Å²) in [6.45, 7) is 0.874. The number of hydrogen-bond acceptors (Lipinski definition) is 4. The molecule has 6 heteroatoms. The fourth-order valence-electron chi connectivity index (χ4n) is 0.358. The molecule has 1 aromatic rings. The van der Waals surface area contributed by atoms with Crippen molar-refractivity contribution in [3.8, 4) is 0 Å². The van der Waals surface area contributed by atoms with Crippen molar-refractivity contribution in [1.29, 1.82) is 0 Å². The molecule has 50 valence electrons. The van der Waals surface area contributed by atoms with Gasteiger partial charge in [0.15, 0.2) is 0 Å². The molecule has 0 aliphatic heterocycles. The molecule has 5 nitrogen and oxygen atoms in total. The van der Waals surface area contributed by atoms with Crippen molar-refractivity contribution in [2.75, 3.05) is 12.3 Å². The zero-order chi connectivity index (χ0) is 6.53. The van der Waals surface area contributed by atoms with Gasteiger partial charge in [-0.1, -0.05) is 0 Å². The van der Waals surface area contributed by atoms with E-state index in [0.29, 0.717) is 5.16 Å². The van der Waals surface area contributed by atoms with Gasteiger partial charge in [-0.05, 0) is 0 Å². The van der Waals surface area contributed by atoms with E-state index in [4.69, 9.17) is 0 Å². The smallest absolute Gasteiger partial charge is 0.0835 e. The van der Waals surface area contributed by atoms with Gasteiger partial charge < -0.3 is 10.8 Å². The summed E-state index contributed by atoms with van der Waals surface area (Å²) in [6.07, 6.45) is 0. The van der Waals surface area contributed by atoms with Gasteiger partial charge in [-0.15, -0.1) is 11.8 Å². The Labute approximate surface area is 56.4 Å². The van der Waals surface area contributed by atoms with Crippen LogP contribution in [0.5, 0.6) is 0 Å². The van der Waals surface area contributed by atoms with E-state index in [1.165, 1.54) is 11.8 Å². The van der Waals surface area contributed by atoms with Gasteiger partial charge in [-0.3, -0.25) is 10.3 Å². The summed E-state index contributed by atoms with van der Waals surface area (Å²) in [4.78, 5) is 0. The predicted molar refractivity (Wildman–Crippen MR) is 31.6 cm³/mol. The average molecular weight is 145 g/mol. The monoisotopic (exact) mass is 145 g/mol. The highest BCUT2D eigenvalue weighted by atomic mass is 32.2. The average Bonchev–Trinajstić information content (AvgIpc) is 2.34. The molecule has 1 rings (SSSR count). The lowest BCUT2D eigenvalue weighted by Crippen LogP contribution is -2.51. The lowest BCUT2D eigenvalue weighted by Gasteiger charge is -1.92. The summed E-state index contributed by atoms with van der Waals surface area (Å²) < 4.78 is 0. The molecule has 0 amide bonds. The fourth-order valence-corrected chi connectivity index (χ4v) is 0.873. The van der Waals surface area contributed by atoms with Crippen molar-refractivity contribution < 1.29 is 5.73 Å². The molecule has 0 fully saturated rings. The lowest BCUT2D eigenvalue weighted by atomic mass is 10.8. The molecule has 0 aromatic carbocycles. The SMILES string of the molecule is [NH3+]CCSc1nnn[n-]1. The maximum Gasteiger partial charge on any atom is 0.0835 e. The van der Waals surface area contributed by atoms with Gasteiger partial charge in [0.2, 0.25) is 0 Å². The Balaban J connectivity index is 2.30. The van der Waals surface area contributed by atoms with Crippen molar-refractivity contribution in [1.82, 2.24) is 20.6 Å². The predicted octanol–water partition coefficient (Wildman–Crippen LogP) is -1.84. The maximum atomic E-state index is 3.67. The Morgan fingerprint density at radius 3 is 3.11 bits per heavy atom. The van der Waals surface area contributed by atoms with Crippen LogP contribution in [0.4, 0.5) is 0 Å². The Hall–Kier alpha value is -0.620. The minimum atomic E-state index is 0.638. The van der Waals surface area contributed by atoms with Gasteiger partial charge in [-0.2, -0.15) is 5.21 Å². The normalized spacial score (nSPS) is 9.89. The summed E-state index contributed by atoms with van der Waals surface area (Å²) in [6, 6.07) is 0. The van der Waals surface area contributed by atoms with E-state index in [1.54, 1.807) is 0 Å². The third-order valence-corrected chi connectivity index (χ3v) is 1.59. The summed E-state index contributed by atoms with van der Waals surface area (Å²) in [5.41, 5.74) is 3.67. The molecule has 0 bridgehead atoms. The van der Waals surface area contributed by atoms with Crippen LogP contribution in [0.25, 0.3) is 0 Å². The number of tetrazole rings is 1. The van der Waals surface area contributed by atoms with Gasteiger partial charge in [0.1, 0.15) is 0 Å². The molecule has 0 unspecified atom stereocenters. The summed E-state index contributed by atoms with van der Waals surface area (Å²) in [7, 11) is 0. The minimum absolute atomic E-state index is 0.638. The maximum absolute atomic E-state index is 3.67. The molecule has 1 aromatic heterocycles. The highest BCUT2D eigenvalue weighted by Gasteiger charge is 1.86. The molecule has 0 atom stereocenters. The molecule has 3 N–H and O–H groups in total. The lowest BCUT2D eigenvalue weighted by molar-refractivity contribution is -0.360. The van der Waals surface area contributed by atoms with Crippen molar-refractivity contribution in [3.63, 3.8) is 0 Å². The number of thioether (sulfide) groups is 1. The van der Waals surface area contributed by atoms with E-state index in [9.17, 15) is 0 Å². The van der Waals surface area contributed by atoms with Gasteiger partial charge in [0.25, 0.3) is 0 Å². The zero-order valence-corrected chi connectivity index (χ0v) is 5.63. The molecule has 0 aliphatic rings. The van der Waals surface area contributed by atoms with Crippen LogP contribution in [0, 0.1) is 0 Å². The molecule has 0 saturated carbocycles. The first kappa shape index (κ1) is 6.50. The Bertz CT molecular complexity index is 149. The van der Waals surface area contributed by atoms with E-state index in [2.05, 4.69) is 26.4 Å².